The average molecular weight is 455 g/mol. The van der Waals surface area contributed by atoms with E-state index in [1.54, 1.807) is 6.07 Å². The second-order valence-electron chi connectivity index (χ2n) is 8.33. The van der Waals surface area contributed by atoms with E-state index in [1.807, 2.05) is 47.4 Å². The van der Waals surface area contributed by atoms with Gasteiger partial charge in [0.2, 0.25) is 0 Å². The van der Waals surface area contributed by atoms with Crippen molar-refractivity contribution in [2.45, 2.75) is 5.92 Å². The first-order valence-corrected chi connectivity index (χ1v) is 11.4. The van der Waals surface area contributed by atoms with Crippen LogP contribution in [0.4, 0.5) is 17.2 Å². The van der Waals surface area contributed by atoms with Gasteiger partial charge in [0.25, 0.3) is 5.69 Å². The van der Waals surface area contributed by atoms with E-state index in [9.17, 15) is 10.1 Å². The number of piperazine rings is 1. The lowest BCUT2D eigenvalue weighted by Gasteiger charge is -2.29. The number of hydrogen-bond acceptors (Lipinski definition) is 7. The number of nitro benzene ring substituents is 1. The third-order valence-electron chi connectivity index (χ3n) is 6.26. The normalized spacial score (nSPS) is 13.9. The number of nitrogens with zero attached hydrogens (tertiary/aromatic N) is 4. The topological polar surface area (TPSA) is 96.2 Å². The smallest absolute Gasteiger partial charge is 0.293 e. The molecule has 0 spiro atoms. The first kappa shape index (κ1) is 21.8. The van der Waals surface area contributed by atoms with Gasteiger partial charge in [-0.1, -0.05) is 60.7 Å². The molecule has 1 aliphatic rings. The molecule has 5 rings (SSSR count). The number of aromatic nitrogens is 2. The van der Waals surface area contributed by atoms with E-state index < -0.39 is 0 Å². The van der Waals surface area contributed by atoms with Gasteiger partial charge in [-0.3, -0.25) is 10.1 Å². The highest BCUT2D eigenvalue weighted by molar-refractivity contribution is 5.94. The zero-order chi connectivity index (χ0) is 23.3. The fourth-order valence-electron chi connectivity index (χ4n) is 4.52. The van der Waals surface area contributed by atoms with Gasteiger partial charge in [0.1, 0.15) is 17.8 Å². The summed E-state index contributed by atoms with van der Waals surface area (Å²) in [5, 5.41) is 19.3. The van der Waals surface area contributed by atoms with Crippen molar-refractivity contribution in [2.75, 3.05) is 42.9 Å². The number of nitro groups is 1. The van der Waals surface area contributed by atoms with E-state index in [-0.39, 0.29) is 16.5 Å². The SMILES string of the molecule is O=[N+]([O-])c1cc2c(NCC(c3ccccc3)c3ccccc3)ncnc2cc1N1CCNCC1. The second kappa shape index (κ2) is 9.84. The summed E-state index contributed by atoms with van der Waals surface area (Å²) in [5.41, 5.74) is 3.75. The maximum Gasteiger partial charge on any atom is 0.293 e. The van der Waals surface area contributed by atoms with Crippen LogP contribution >= 0.6 is 0 Å². The molecule has 1 aromatic heterocycles. The molecule has 172 valence electrons. The van der Waals surface area contributed by atoms with Crippen LogP contribution in [0.5, 0.6) is 0 Å². The molecular formula is C26H26N6O2. The second-order valence-corrected chi connectivity index (χ2v) is 8.33. The summed E-state index contributed by atoms with van der Waals surface area (Å²) in [6.45, 7) is 3.63. The molecule has 0 atom stereocenters. The van der Waals surface area contributed by atoms with Crippen LogP contribution in [-0.4, -0.2) is 47.6 Å². The van der Waals surface area contributed by atoms with Crippen molar-refractivity contribution in [1.29, 1.82) is 0 Å². The number of benzene rings is 3. The van der Waals surface area contributed by atoms with Crippen LogP contribution in [0.1, 0.15) is 17.0 Å². The maximum atomic E-state index is 12.0. The summed E-state index contributed by atoms with van der Waals surface area (Å²) in [6.07, 6.45) is 1.51. The fraction of sp³-hybridized carbons (Fsp3) is 0.231. The van der Waals surface area contributed by atoms with E-state index in [2.05, 4.69) is 44.9 Å². The summed E-state index contributed by atoms with van der Waals surface area (Å²) >= 11 is 0. The highest BCUT2D eigenvalue weighted by Crippen LogP contribution is 2.35. The summed E-state index contributed by atoms with van der Waals surface area (Å²) in [5.74, 6) is 0.694. The quantitative estimate of drug-likeness (QED) is 0.319. The van der Waals surface area contributed by atoms with Crippen LogP contribution < -0.4 is 15.5 Å². The minimum absolute atomic E-state index is 0.0786. The molecule has 0 unspecified atom stereocenters. The number of anilines is 2. The van der Waals surface area contributed by atoms with Crippen molar-refractivity contribution in [3.8, 4) is 0 Å². The van der Waals surface area contributed by atoms with E-state index in [0.29, 0.717) is 29.0 Å². The largest absolute Gasteiger partial charge is 0.369 e. The molecular weight excluding hydrogens is 428 g/mol. The van der Waals surface area contributed by atoms with Crippen LogP contribution in [-0.2, 0) is 0 Å². The Labute approximate surface area is 197 Å². The van der Waals surface area contributed by atoms with E-state index in [1.165, 1.54) is 17.5 Å². The molecule has 34 heavy (non-hydrogen) atoms. The lowest BCUT2D eigenvalue weighted by molar-refractivity contribution is -0.384. The van der Waals surface area contributed by atoms with Gasteiger partial charge in [0, 0.05) is 50.1 Å². The Hall–Kier alpha value is -4.04. The van der Waals surface area contributed by atoms with Gasteiger partial charge < -0.3 is 15.5 Å². The van der Waals surface area contributed by atoms with Crippen LogP contribution in [0, 0.1) is 10.1 Å². The lowest BCUT2D eigenvalue weighted by atomic mass is 9.91. The average Bonchev–Trinajstić information content (AvgIpc) is 2.90. The van der Waals surface area contributed by atoms with E-state index in [4.69, 9.17) is 0 Å². The molecule has 0 bridgehead atoms. The van der Waals surface area contributed by atoms with Crippen molar-refractivity contribution in [3.05, 3.63) is 100 Å². The molecule has 2 heterocycles. The van der Waals surface area contributed by atoms with Gasteiger partial charge in [-0.05, 0) is 17.2 Å². The van der Waals surface area contributed by atoms with Gasteiger partial charge in [0.05, 0.1) is 10.4 Å². The highest BCUT2D eigenvalue weighted by atomic mass is 16.6. The Morgan fingerprint density at radius 3 is 2.24 bits per heavy atom. The monoisotopic (exact) mass is 454 g/mol. The molecule has 4 aromatic rings. The summed E-state index contributed by atoms with van der Waals surface area (Å²) in [6, 6.07) is 24.0. The van der Waals surface area contributed by atoms with Gasteiger partial charge in [0.15, 0.2) is 0 Å². The number of rotatable bonds is 7. The van der Waals surface area contributed by atoms with E-state index >= 15 is 0 Å². The Kier molecular flexibility index (Phi) is 6.31. The summed E-state index contributed by atoms with van der Waals surface area (Å²) < 4.78 is 0. The number of fused-ring (bicyclic) bond motifs is 1. The van der Waals surface area contributed by atoms with Crippen LogP contribution in [0.3, 0.4) is 0 Å². The van der Waals surface area contributed by atoms with E-state index in [0.717, 1.165) is 26.2 Å². The molecule has 8 heteroatoms. The summed E-state index contributed by atoms with van der Waals surface area (Å²) in [4.78, 5) is 22.6. The molecule has 1 saturated heterocycles. The first-order chi connectivity index (χ1) is 16.7. The molecule has 0 amide bonds. The molecule has 2 N–H and O–H groups in total. The third kappa shape index (κ3) is 4.53. The fourth-order valence-corrected chi connectivity index (χ4v) is 4.52. The molecule has 0 aliphatic carbocycles. The Morgan fingerprint density at radius 2 is 1.62 bits per heavy atom. The zero-order valence-corrected chi connectivity index (χ0v) is 18.7. The minimum Gasteiger partial charge on any atom is -0.369 e. The predicted molar refractivity (Wildman–Crippen MR) is 134 cm³/mol. The molecule has 8 nitrogen and oxygen atoms in total. The highest BCUT2D eigenvalue weighted by Gasteiger charge is 2.24. The van der Waals surface area contributed by atoms with Crippen molar-refractivity contribution >= 4 is 28.1 Å². The van der Waals surface area contributed by atoms with Crippen molar-refractivity contribution < 1.29 is 4.92 Å². The molecule has 3 aromatic carbocycles. The van der Waals surface area contributed by atoms with Crippen molar-refractivity contribution in [1.82, 2.24) is 15.3 Å². The number of hydrogen-bond donors (Lipinski definition) is 2. The zero-order valence-electron chi connectivity index (χ0n) is 18.7. The molecule has 0 radical (unpaired) electrons. The van der Waals surface area contributed by atoms with Crippen molar-refractivity contribution in [2.24, 2.45) is 0 Å². The maximum absolute atomic E-state index is 12.0. The van der Waals surface area contributed by atoms with Crippen LogP contribution in [0.2, 0.25) is 0 Å². The molecule has 1 fully saturated rings. The first-order valence-electron chi connectivity index (χ1n) is 11.4. The van der Waals surface area contributed by atoms with Crippen molar-refractivity contribution in [3.63, 3.8) is 0 Å². The predicted octanol–water partition coefficient (Wildman–Crippen LogP) is 4.19. The number of nitrogens with one attached hydrogen (secondary N) is 2. The Bertz CT molecular complexity index is 1240. The van der Waals surface area contributed by atoms with Crippen LogP contribution in [0.25, 0.3) is 10.9 Å². The summed E-state index contributed by atoms with van der Waals surface area (Å²) in [7, 11) is 0. The molecule has 1 aliphatic heterocycles. The van der Waals surface area contributed by atoms with Gasteiger partial charge in [-0.15, -0.1) is 0 Å². The van der Waals surface area contributed by atoms with Gasteiger partial charge in [-0.2, -0.15) is 0 Å². The van der Waals surface area contributed by atoms with Crippen LogP contribution in [0.15, 0.2) is 79.1 Å². The lowest BCUT2D eigenvalue weighted by Crippen LogP contribution is -2.43. The third-order valence-corrected chi connectivity index (χ3v) is 6.26. The standard InChI is InChI=1S/C26H26N6O2/c33-32(34)25-15-21-23(16-24(25)31-13-11-27-12-14-31)29-18-30-26(21)28-17-22(19-7-3-1-4-8-19)20-9-5-2-6-10-20/h1-10,15-16,18,22,27H,11-14,17H2,(H,28,29,30). The van der Waals surface area contributed by atoms with Gasteiger partial charge in [-0.25, -0.2) is 9.97 Å². The Morgan fingerprint density at radius 1 is 0.971 bits per heavy atom. The molecule has 0 saturated carbocycles. The van der Waals surface area contributed by atoms with Gasteiger partial charge >= 0.3 is 0 Å². The minimum atomic E-state index is -0.315. The Balaban J connectivity index is 1.49.